The van der Waals surface area contributed by atoms with Crippen molar-refractivity contribution in [1.29, 1.82) is 0 Å². The number of carbonyl (C=O) groups is 4. The number of unbranched alkanes of at least 4 members (excludes halogenated alkanes) is 35. The molecule has 5 atom stereocenters. The Morgan fingerprint density at radius 3 is 0.894 bits per heavy atom. The third kappa shape index (κ3) is 67.3. The largest absolute Gasteiger partial charge is 0.472 e. The molecule has 0 fully saturated rings. The van der Waals surface area contributed by atoms with Gasteiger partial charge in [0, 0.05) is 25.7 Å². The average molecular weight is 1370 g/mol. The van der Waals surface area contributed by atoms with Crippen molar-refractivity contribution in [2.75, 3.05) is 39.6 Å². The molecule has 0 amide bonds. The second-order valence-corrected chi connectivity index (χ2v) is 28.1. The summed E-state index contributed by atoms with van der Waals surface area (Å²) in [6, 6.07) is 0. The molecule has 0 radical (unpaired) electrons. The Labute approximate surface area is 571 Å². The second-order valence-electron chi connectivity index (χ2n) is 25.2. The fraction of sp³-hybridized carbons (Fsp3) is 0.813. The van der Waals surface area contributed by atoms with Gasteiger partial charge in [0.25, 0.3) is 0 Å². The summed E-state index contributed by atoms with van der Waals surface area (Å²) in [6.45, 7) is 4.74. The minimum atomic E-state index is -4.97. The lowest BCUT2D eigenvalue weighted by molar-refractivity contribution is -0.161. The Balaban J connectivity index is 5.31. The number of rotatable bonds is 71. The van der Waals surface area contributed by atoms with Crippen molar-refractivity contribution in [2.45, 2.75) is 354 Å². The van der Waals surface area contributed by atoms with Gasteiger partial charge in [-0.25, -0.2) is 9.13 Å². The van der Waals surface area contributed by atoms with Gasteiger partial charge in [-0.3, -0.25) is 37.3 Å². The molecular formula is C75H136O17P2. The molecule has 0 aliphatic rings. The number of ether oxygens (including phenoxy) is 4. The summed E-state index contributed by atoms with van der Waals surface area (Å²) >= 11 is 0. The first kappa shape index (κ1) is 90.8. The molecule has 0 bridgehead atoms. The van der Waals surface area contributed by atoms with E-state index in [1.165, 1.54) is 96.3 Å². The van der Waals surface area contributed by atoms with E-state index in [2.05, 4.69) is 88.5 Å². The number of aliphatic hydroxyl groups excluding tert-OH is 1. The highest BCUT2D eigenvalue weighted by Crippen LogP contribution is 2.45. The maximum Gasteiger partial charge on any atom is 0.472 e. The van der Waals surface area contributed by atoms with E-state index in [-0.39, 0.29) is 25.7 Å². The molecule has 3 N–H and O–H groups in total. The van der Waals surface area contributed by atoms with Gasteiger partial charge in [-0.15, -0.1) is 0 Å². The Morgan fingerprint density at radius 2 is 0.553 bits per heavy atom. The van der Waals surface area contributed by atoms with E-state index in [1.54, 1.807) is 0 Å². The van der Waals surface area contributed by atoms with Gasteiger partial charge in [0.1, 0.15) is 19.3 Å². The lowest BCUT2D eigenvalue weighted by Gasteiger charge is -2.21. The number of carbonyl (C=O) groups excluding carboxylic acids is 4. The molecule has 0 saturated heterocycles. The highest BCUT2D eigenvalue weighted by atomic mass is 31.2. The number of hydrogen-bond donors (Lipinski definition) is 3. The van der Waals surface area contributed by atoms with Crippen molar-refractivity contribution in [1.82, 2.24) is 0 Å². The van der Waals surface area contributed by atoms with E-state index >= 15 is 0 Å². The first-order valence-corrected chi connectivity index (χ1v) is 40.5. The molecule has 0 saturated carbocycles. The van der Waals surface area contributed by atoms with Gasteiger partial charge in [0.15, 0.2) is 12.2 Å². The minimum Gasteiger partial charge on any atom is -0.462 e. The maximum absolute atomic E-state index is 13.1. The van der Waals surface area contributed by atoms with Crippen molar-refractivity contribution in [3.8, 4) is 0 Å². The van der Waals surface area contributed by atoms with Gasteiger partial charge in [-0.1, -0.05) is 268 Å². The normalized spacial score (nSPS) is 14.3. The Morgan fingerprint density at radius 1 is 0.298 bits per heavy atom. The molecular weight excluding hydrogens is 1230 g/mol. The van der Waals surface area contributed by atoms with Gasteiger partial charge in [-0.2, -0.15) is 0 Å². The smallest absolute Gasteiger partial charge is 0.462 e. The van der Waals surface area contributed by atoms with Crippen LogP contribution in [0.3, 0.4) is 0 Å². The van der Waals surface area contributed by atoms with Gasteiger partial charge in [-0.05, 0) is 103 Å². The maximum atomic E-state index is 13.1. The molecule has 0 aromatic rings. The summed E-state index contributed by atoms with van der Waals surface area (Å²) in [5.74, 6) is -2.19. The van der Waals surface area contributed by atoms with E-state index < -0.39 is 97.5 Å². The van der Waals surface area contributed by atoms with Crippen LogP contribution >= 0.6 is 15.6 Å². The number of aliphatic hydroxyl groups is 1. The molecule has 19 heteroatoms. The van der Waals surface area contributed by atoms with Gasteiger partial charge in [0.05, 0.1) is 26.4 Å². The highest BCUT2D eigenvalue weighted by molar-refractivity contribution is 7.47. The van der Waals surface area contributed by atoms with E-state index in [9.17, 15) is 43.2 Å². The zero-order chi connectivity index (χ0) is 69.0. The minimum absolute atomic E-state index is 0.0844. The van der Waals surface area contributed by atoms with Crippen LogP contribution < -0.4 is 0 Å². The Kier molecular flexibility index (Phi) is 65.9. The quantitative estimate of drug-likeness (QED) is 0.0169. The van der Waals surface area contributed by atoms with Crippen LogP contribution in [0, 0.1) is 0 Å². The molecule has 5 unspecified atom stereocenters. The van der Waals surface area contributed by atoms with Crippen LogP contribution in [0.2, 0.25) is 0 Å². The van der Waals surface area contributed by atoms with Crippen molar-refractivity contribution >= 4 is 39.5 Å². The topological polar surface area (TPSA) is 237 Å². The number of hydrogen-bond acceptors (Lipinski definition) is 15. The first-order chi connectivity index (χ1) is 45.7. The van der Waals surface area contributed by atoms with Crippen LogP contribution in [-0.2, 0) is 65.4 Å². The SMILES string of the molecule is CCC/C=C\C/C=C\CCCCCCCC(=O)OCC(COP(=O)(O)OCC(O)COP(=O)(O)OCC(COC(=O)CCCCCCC/C=C\C/C=C\CCCCC)OC(=O)CCCCCCCCCCCCCCCCC)OC(=O)CCCCCCC/C=C\CCCC. The van der Waals surface area contributed by atoms with Crippen LogP contribution in [0.5, 0.6) is 0 Å². The third-order valence-electron chi connectivity index (χ3n) is 15.9. The average Bonchev–Trinajstić information content (AvgIpc) is 1.22. The molecule has 0 aliphatic carbocycles. The van der Waals surface area contributed by atoms with Crippen LogP contribution in [-0.4, -0.2) is 96.7 Å². The van der Waals surface area contributed by atoms with E-state index in [0.717, 1.165) is 161 Å². The Bertz CT molecular complexity index is 2030. The van der Waals surface area contributed by atoms with Crippen molar-refractivity contribution < 1.29 is 80.2 Å². The molecule has 94 heavy (non-hydrogen) atoms. The van der Waals surface area contributed by atoms with Crippen LogP contribution in [0.15, 0.2) is 60.8 Å². The predicted octanol–water partition coefficient (Wildman–Crippen LogP) is 21.1. The summed E-state index contributed by atoms with van der Waals surface area (Å²) in [4.78, 5) is 72.7. The molecule has 0 aromatic carbocycles. The number of allylic oxidation sites excluding steroid dienone is 10. The number of phosphoric ester groups is 2. The third-order valence-corrected chi connectivity index (χ3v) is 17.8. The second kappa shape index (κ2) is 68.3. The van der Waals surface area contributed by atoms with Crippen LogP contribution in [0.4, 0.5) is 0 Å². The van der Waals surface area contributed by atoms with E-state index in [1.807, 2.05) is 0 Å². The standard InChI is InChI=1S/C75H136O17P2/c1-5-9-13-17-21-25-29-32-34-37-41-44-48-52-56-60-73(78)86-66-71(92-75(80)62-58-54-50-46-42-38-35-33-30-26-22-18-14-10-6-2)68-90-94(83,84)88-64-69(76)63-87-93(81,82)89-67-70(91-74(79)61-57-53-49-45-39-28-24-20-16-12-8-4)65-85-72(77)59-55-51-47-43-40-36-31-27-23-19-15-11-7-3/h15,19-21,24-25,27,31-32,34,69-71,76H,5-14,16-18,22-23,26,28-30,33,35-68H2,1-4H3,(H,81,82)(H,83,84)/b19-15-,24-20-,25-21-,31-27-,34-32-. The van der Waals surface area contributed by atoms with E-state index in [4.69, 9.17) is 37.0 Å². The first-order valence-electron chi connectivity index (χ1n) is 37.5. The fourth-order valence-electron chi connectivity index (χ4n) is 10.2. The highest BCUT2D eigenvalue weighted by Gasteiger charge is 2.30. The summed E-state index contributed by atoms with van der Waals surface area (Å²) in [5.41, 5.74) is 0. The molecule has 0 aromatic heterocycles. The zero-order valence-corrected chi connectivity index (χ0v) is 61.4. The van der Waals surface area contributed by atoms with Gasteiger partial charge in [0.2, 0.25) is 0 Å². The molecule has 0 aliphatic heterocycles. The van der Waals surface area contributed by atoms with Crippen LogP contribution in [0.1, 0.15) is 336 Å². The molecule has 0 heterocycles. The van der Waals surface area contributed by atoms with Crippen molar-refractivity contribution in [2.24, 2.45) is 0 Å². The van der Waals surface area contributed by atoms with Crippen LogP contribution in [0.25, 0.3) is 0 Å². The lowest BCUT2D eigenvalue weighted by atomic mass is 10.0. The number of esters is 4. The van der Waals surface area contributed by atoms with Gasteiger partial charge >= 0.3 is 39.5 Å². The van der Waals surface area contributed by atoms with Crippen molar-refractivity contribution in [3.05, 3.63) is 60.8 Å². The molecule has 548 valence electrons. The summed E-state index contributed by atoms with van der Waals surface area (Å²) in [5, 5.41) is 10.6. The molecule has 17 nitrogen and oxygen atoms in total. The predicted molar refractivity (Wildman–Crippen MR) is 381 cm³/mol. The summed E-state index contributed by atoms with van der Waals surface area (Å²) in [7, 11) is -9.93. The fourth-order valence-corrected chi connectivity index (χ4v) is 11.7. The van der Waals surface area contributed by atoms with E-state index in [0.29, 0.717) is 25.7 Å². The zero-order valence-electron chi connectivity index (χ0n) is 59.6. The lowest BCUT2D eigenvalue weighted by Crippen LogP contribution is -2.30. The Hall–Kier alpha value is -3.24. The number of phosphoric acid groups is 2. The van der Waals surface area contributed by atoms with Crippen molar-refractivity contribution in [3.63, 3.8) is 0 Å². The monoisotopic (exact) mass is 1370 g/mol. The molecule has 0 spiro atoms. The summed E-state index contributed by atoms with van der Waals surface area (Å²) in [6.07, 6.45) is 65.0. The van der Waals surface area contributed by atoms with Gasteiger partial charge < -0.3 is 33.8 Å². The summed E-state index contributed by atoms with van der Waals surface area (Å²) < 4.78 is 68.4. The molecule has 0 rings (SSSR count).